The molecule has 130 valence electrons. The highest BCUT2D eigenvalue weighted by Crippen LogP contribution is 2.29. The van der Waals surface area contributed by atoms with Crippen LogP contribution in [0.15, 0.2) is 47.2 Å². The van der Waals surface area contributed by atoms with E-state index in [0.717, 1.165) is 36.0 Å². The van der Waals surface area contributed by atoms with E-state index in [0.29, 0.717) is 0 Å². The van der Waals surface area contributed by atoms with E-state index in [2.05, 4.69) is 31.7 Å². The fourth-order valence-corrected chi connectivity index (χ4v) is 3.79. The molecule has 0 bridgehead atoms. The summed E-state index contributed by atoms with van der Waals surface area (Å²) in [4.78, 5) is 13.1. The van der Waals surface area contributed by atoms with Crippen LogP contribution in [0.3, 0.4) is 0 Å². The molecule has 1 aromatic heterocycles. The van der Waals surface area contributed by atoms with E-state index >= 15 is 0 Å². The lowest BCUT2D eigenvalue weighted by Gasteiger charge is -2.37. The molecule has 2 aromatic rings. The van der Waals surface area contributed by atoms with Crippen LogP contribution in [0.5, 0.6) is 0 Å². The fourth-order valence-electron chi connectivity index (χ4n) is 3.16. The quantitative estimate of drug-likeness (QED) is 0.810. The topological polar surface area (TPSA) is 59.0 Å². The summed E-state index contributed by atoms with van der Waals surface area (Å²) in [6.07, 6.45) is 5.09. The second-order valence-corrected chi connectivity index (χ2v) is 6.80. The Morgan fingerprint density at radius 1 is 1.33 bits per heavy atom. The lowest BCUT2D eigenvalue weighted by atomic mass is 9.87. The van der Waals surface area contributed by atoms with Crippen molar-refractivity contribution < 1.29 is 4.79 Å². The highest BCUT2D eigenvalue weighted by Gasteiger charge is 2.42. The van der Waals surface area contributed by atoms with Gasteiger partial charge in [-0.1, -0.05) is 34.1 Å². The van der Waals surface area contributed by atoms with Crippen molar-refractivity contribution in [2.24, 2.45) is 0 Å². The number of halogens is 2. The van der Waals surface area contributed by atoms with Gasteiger partial charge in [-0.05, 0) is 50.6 Å². The van der Waals surface area contributed by atoms with Gasteiger partial charge in [0.25, 0.3) is 0 Å². The minimum atomic E-state index is -0.607. The van der Waals surface area contributed by atoms with Gasteiger partial charge in [0.1, 0.15) is 5.54 Å². The third-order valence-corrected chi connectivity index (χ3v) is 5.24. The summed E-state index contributed by atoms with van der Waals surface area (Å²) in [6, 6.07) is 9.77. The Morgan fingerprint density at radius 2 is 2.04 bits per heavy atom. The van der Waals surface area contributed by atoms with Crippen LogP contribution in [0.1, 0.15) is 31.4 Å². The number of rotatable bonds is 4. The lowest BCUT2D eigenvalue weighted by molar-refractivity contribution is -0.132. The van der Waals surface area contributed by atoms with Crippen LogP contribution >= 0.6 is 28.3 Å². The van der Waals surface area contributed by atoms with Gasteiger partial charge in [0.05, 0.1) is 6.04 Å². The first-order chi connectivity index (χ1) is 11.1. The highest BCUT2D eigenvalue weighted by molar-refractivity contribution is 9.10. The minimum Gasteiger partial charge on any atom is -0.347 e. The molecule has 7 heteroatoms. The van der Waals surface area contributed by atoms with Gasteiger partial charge in [0.2, 0.25) is 5.91 Å². The molecule has 5 nitrogen and oxygen atoms in total. The number of nitrogens with one attached hydrogen (secondary N) is 2. The normalized spacial score (nSPS) is 17.6. The van der Waals surface area contributed by atoms with Crippen LogP contribution in [-0.2, 0) is 10.3 Å². The Balaban J connectivity index is 0.00000208. The molecule has 0 aliphatic carbocycles. The zero-order valence-electron chi connectivity index (χ0n) is 13.5. The van der Waals surface area contributed by atoms with E-state index in [1.165, 1.54) is 0 Å². The summed E-state index contributed by atoms with van der Waals surface area (Å²) < 4.78 is 2.82. The summed E-state index contributed by atoms with van der Waals surface area (Å²) >= 11 is 3.56. The molecule has 0 radical (unpaired) electrons. The highest BCUT2D eigenvalue weighted by atomic mass is 79.9. The molecule has 1 fully saturated rings. The first-order valence-electron chi connectivity index (χ1n) is 7.90. The number of piperidine rings is 1. The number of hydrogen-bond acceptors (Lipinski definition) is 3. The molecule has 1 saturated heterocycles. The predicted molar refractivity (Wildman–Crippen MR) is 100 cm³/mol. The number of benzene rings is 1. The molecule has 1 aliphatic heterocycles. The largest absolute Gasteiger partial charge is 0.347 e. The smallest absolute Gasteiger partial charge is 0.248 e. The van der Waals surface area contributed by atoms with Gasteiger partial charge in [0, 0.05) is 16.9 Å². The lowest BCUT2D eigenvalue weighted by Crippen LogP contribution is -2.55. The maximum Gasteiger partial charge on any atom is 0.248 e. The van der Waals surface area contributed by atoms with Crippen LogP contribution < -0.4 is 10.6 Å². The van der Waals surface area contributed by atoms with Crippen molar-refractivity contribution in [1.29, 1.82) is 0 Å². The van der Waals surface area contributed by atoms with Crippen molar-refractivity contribution in [2.75, 3.05) is 13.1 Å². The van der Waals surface area contributed by atoms with Gasteiger partial charge in [-0.25, -0.2) is 0 Å². The van der Waals surface area contributed by atoms with Crippen molar-refractivity contribution in [2.45, 2.75) is 31.3 Å². The second kappa shape index (κ2) is 8.14. The zero-order valence-corrected chi connectivity index (χ0v) is 15.9. The molecule has 24 heavy (non-hydrogen) atoms. The second-order valence-electron chi connectivity index (χ2n) is 5.95. The van der Waals surface area contributed by atoms with Gasteiger partial charge >= 0.3 is 0 Å². The van der Waals surface area contributed by atoms with Gasteiger partial charge < -0.3 is 10.6 Å². The third kappa shape index (κ3) is 3.66. The van der Waals surface area contributed by atoms with Crippen LogP contribution in [0.4, 0.5) is 0 Å². The number of carbonyl (C=O) groups excluding carboxylic acids is 1. The number of aromatic nitrogens is 2. The zero-order chi connectivity index (χ0) is 16.3. The van der Waals surface area contributed by atoms with E-state index in [1.54, 1.807) is 6.20 Å². The summed E-state index contributed by atoms with van der Waals surface area (Å²) in [6.45, 7) is 3.64. The molecule has 0 saturated carbocycles. The molecule has 1 unspecified atom stereocenters. The maximum atomic E-state index is 13.1. The molecule has 1 atom stereocenters. The van der Waals surface area contributed by atoms with Crippen LogP contribution in [0, 0.1) is 0 Å². The van der Waals surface area contributed by atoms with E-state index < -0.39 is 5.54 Å². The van der Waals surface area contributed by atoms with Gasteiger partial charge in [0.15, 0.2) is 0 Å². The molecular formula is C17H22BrClN4O. The Labute approximate surface area is 156 Å². The summed E-state index contributed by atoms with van der Waals surface area (Å²) in [5.41, 5.74) is 0.468. The van der Waals surface area contributed by atoms with Crippen LogP contribution in [0.2, 0.25) is 0 Å². The van der Waals surface area contributed by atoms with E-state index in [9.17, 15) is 4.79 Å². The number of nitrogens with zero attached hydrogens (tertiary/aromatic N) is 2. The van der Waals surface area contributed by atoms with Gasteiger partial charge in [-0.3, -0.25) is 9.48 Å². The van der Waals surface area contributed by atoms with Gasteiger partial charge in [-0.2, -0.15) is 5.10 Å². The Kier molecular flexibility index (Phi) is 6.43. The SMILES string of the molecule is CC(NC(=O)C1(n2cccn2)CCNCC1)c1ccccc1Br.Cl. The molecule has 0 spiro atoms. The van der Waals surface area contributed by atoms with Crippen molar-refractivity contribution in [3.05, 3.63) is 52.8 Å². The molecule has 3 rings (SSSR count). The van der Waals surface area contributed by atoms with Crippen molar-refractivity contribution in [3.63, 3.8) is 0 Å². The molecule has 1 amide bonds. The molecule has 1 aliphatic rings. The summed E-state index contributed by atoms with van der Waals surface area (Å²) in [7, 11) is 0. The van der Waals surface area contributed by atoms with E-state index in [-0.39, 0.29) is 24.4 Å². The predicted octanol–water partition coefficient (Wildman–Crippen LogP) is 3.02. The Morgan fingerprint density at radius 3 is 2.67 bits per heavy atom. The minimum absolute atomic E-state index is 0. The average molecular weight is 414 g/mol. The standard InChI is InChI=1S/C17H21BrN4O.ClH/c1-13(14-5-2-3-6-15(14)18)21-16(23)17(7-10-19-11-8-17)22-12-4-9-20-22;/h2-6,9,12-13,19H,7-8,10-11H2,1H3,(H,21,23);1H. The molecule has 1 aromatic carbocycles. The van der Waals surface area contributed by atoms with E-state index in [1.807, 2.05) is 48.1 Å². The first-order valence-corrected chi connectivity index (χ1v) is 8.69. The third-order valence-electron chi connectivity index (χ3n) is 4.52. The average Bonchev–Trinajstić information content (AvgIpc) is 3.10. The summed E-state index contributed by atoms with van der Waals surface area (Å²) in [5, 5.41) is 10.8. The molecule has 2 heterocycles. The van der Waals surface area contributed by atoms with Crippen molar-refractivity contribution in [1.82, 2.24) is 20.4 Å². The summed E-state index contributed by atoms with van der Waals surface area (Å²) in [5.74, 6) is 0.0333. The van der Waals surface area contributed by atoms with Gasteiger partial charge in [-0.15, -0.1) is 12.4 Å². The number of hydrogen-bond donors (Lipinski definition) is 2. The maximum absolute atomic E-state index is 13.1. The molecule has 2 N–H and O–H groups in total. The Hall–Kier alpha value is -1.37. The number of amides is 1. The van der Waals surface area contributed by atoms with Crippen LogP contribution in [0.25, 0.3) is 0 Å². The Bertz CT molecular complexity index is 671. The monoisotopic (exact) mass is 412 g/mol. The number of carbonyl (C=O) groups is 1. The van der Waals surface area contributed by atoms with Crippen molar-refractivity contribution >= 4 is 34.2 Å². The van der Waals surface area contributed by atoms with Crippen LogP contribution in [-0.4, -0.2) is 28.8 Å². The fraction of sp³-hybridized carbons (Fsp3) is 0.412. The van der Waals surface area contributed by atoms with E-state index in [4.69, 9.17) is 0 Å². The molecular weight excluding hydrogens is 392 g/mol. The first kappa shape index (κ1) is 19.0. The van der Waals surface area contributed by atoms with Crippen molar-refractivity contribution in [3.8, 4) is 0 Å².